The van der Waals surface area contributed by atoms with Gasteiger partial charge in [0.25, 0.3) is 5.91 Å². The Labute approximate surface area is 120 Å². The van der Waals surface area contributed by atoms with Gasteiger partial charge in [0.15, 0.2) is 0 Å². The van der Waals surface area contributed by atoms with E-state index in [0.29, 0.717) is 6.04 Å². The number of hydrogen-bond acceptors (Lipinski definition) is 3. The van der Waals surface area contributed by atoms with Gasteiger partial charge in [-0.2, -0.15) is 0 Å². The Morgan fingerprint density at radius 2 is 2.37 bits per heavy atom. The Balaban J connectivity index is 2.11. The van der Waals surface area contributed by atoms with E-state index in [1.54, 1.807) is 11.3 Å². The van der Waals surface area contributed by atoms with Crippen molar-refractivity contribution in [2.45, 2.75) is 52.1 Å². The zero-order valence-corrected chi connectivity index (χ0v) is 12.9. The van der Waals surface area contributed by atoms with Crippen molar-refractivity contribution in [2.75, 3.05) is 13.1 Å². The number of nitrogens with one attached hydrogen (secondary N) is 1. The quantitative estimate of drug-likeness (QED) is 0.899. The summed E-state index contributed by atoms with van der Waals surface area (Å²) in [6.07, 6.45) is 3.34. The van der Waals surface area contributed by atoms with E-state index in [4.69, 9.17) is 0 Å². The van der Waals surface area contributed by atoms with Gasteiger partial charge in [0.1, 0.15) is 0 Å². The van der Waals surface area contributed by atoms with E-state index in [1.165, 1.54) is 18.4 Å². The molecule has 1 fully saturated rings. The van der Waals surface area contributed by atoms with Crippen molar-refractivity contribution >= 4 is 17.2 Å². The summed E-state index contributed by atoms with van der Waals surface area (Å²) >= 11 is 1.57. The van der Waals surface area contributed by atoms with Gasteiger partial charge in [0, 0.05) is 18.6 Å². The number of thiophene rings is 1. The van der Waals surface area contributed by atoms with E-state index >= 15 is 0 Å². The predicted molar refractivity (Wildman–Crippen MR) is 80.9 cm³/mol. The minimum atomic E-state index is 0.204. The molecular formula is C15H24N2OS. The number of aryl methyl sites for hydroxylation is 1. The average Bonchev–Trinajstić information content (AvgIpc) is 3.05. The van der Waals surface area contributed by atoms with Crippen molar-refractivity contribution in [1.82, 2.24) is 10.2 Å². The first-order chi connectivity index (χ1) is 9.13. The molecular weight excluding hydrogens is 256 g/mol. The highest BCUT2D eigenvalue weighted by Crippen LogP contribution is 2.21. The van der Waals surface area contributed by atoms with Crippen LogP contribution in [0.2, 0.25) is 0 Å². The topological polar surface area (TPSA) is 32.3 Å². The van der Waals surface area contributed by atoms with E-state index in [1.807, 2.05) is 10.3 Å². The summed E-state index contributed by atoms with van der Waals surface area (Å²) in [5.74, 6) is 0.204. The molecule has 19 heavy (non-hydrogen) atoms. The van der Waals surface area contributed by atoms with Crippen molar-refractivity contribution in [3.63, 3.8) is 0 Å². The molecule has 1 aromatic rings. The molecule has 4 heteroatoms. The second-order valence-corrected chi connectivity index (χ2v) is 6.39. The molecule has 1 aromatic heterocycles. The third-order valence-corrected chi connectivity index (χ3v) is 4.73. The number of hydrogen-bond donors (Lipinski definition) is 1. The lowest BCUT2D eigenvalue weighted by Gasteiger charge is -2.29. The van der Waals surface area contributed by atoms with E-state index in [9.17, 15) is 4.79 Å². The minimum Gasteiger partial charge on any atom is -0.334 e. The SMILES string of the molecule is CCc1ccsc1C(=O)N(CC1CCCN1)C(C)C. The van der Waals surface area contributed by atoms with Crippen molar-refractivity contribution in [3.8, 4) is 0 Å². The van der Waals surface area contributed by atoms with Crippen molar-refractivity contribution in [2.24, 2.45) is 0 Å². The predicted octanol–water partition coefficient (Wildman–Crippen LogP) is 2.91. The zero-order valence-electron chi connectivity index (χ0n) is 12.1. The van der Waals surface area contributed by atoms with Gasteiger partial charge in [-0.05, 0) is 56.7 Å². The van der Waals surface area contributed by atoms with Crippen molar-refractivity contribution in [3.05, 3.63) is 21.9 Å². The Kier molecular flexibility index (Phi) is 4.99. The summed E-state index contributed by atoms with van der Waals surface area (Å²) in [5.41, 5.74) is 1.18. The molecule has 1 saturated heterocycles. The molecule has 0 bridgehead atoms. The third-order valence-electron chi connectivity index (χ3n) is 3.79. The molecule has 1 atom stereocenters. The molecule has 3 nitrogen and oxygen atoms in total. The number of amides is 1. The van der Waals surface area contributed by atoms with E-state index in [0.717, 1.165) is 24.4 Å². The monoisotopic (exact) mass is 280 g/mol. The largest absolute Gasteiger partial charge is 0.334 e. The maximum atomic E-state index is 12.7. The standard InChI is InChI=1S/C15H24N2OS/c1-4-12-7-9-19-14(12)15(18)17(11(2)3)10-13-6-5-8-16-13/h7,9,11,13,16H,4-6,8,10H2,1-3H3. The smallest absolute Gasteiger partial charge is 0.264 e. The summed E-state index contributed by atoms with van der Waals surface area (Å²) < 4.78 is 0. The van der Waals surface area contributed by atoms with Gasteiger partial charge in [-0.15, -0.1) is 11.3 Å². The van der Waals surface area contributed by atoms with E-state index in [2.05, 4.69) is 32.2 Å². The van der Waals surface area contributed by atoms with Gasteiger partial charge < -0.3 is 10.2 Å². The van der Waals surface area contributed by atoms with Crippen molar-refractivity contribution in [1.29, 1.82) is 0 Å². The van der Waals surface area contributed by atoms with Gasteiger partial charge >= 0.3 is 0 Å². The normalized spacial score (nSPS) is 19.1. The van der Waals surface area contributed by atoms with Crippen LogP contribution in [0.25, 0.3) is 0 Å². The van der Waals surface area contributed by atoms with Crippen LogP contribution in [0.4, 0.5) is 0 Å². The first-order valence-corrected chi connectivity index (χ1v) is 8.12. The van der Waals surface area contributed by atoms with Gasteiger partial charge in [0.2, 0.25) is 0 Å². The lowest BCUT2D eigenvalue weighted by Crippen LogP contribution is -2.44. The van der Waals surface area contributed by atoms with Crippen LogP contribution in [0.15, 0.2) is 11.4 Å². The molecule has 0 spiro atoms. The zero-order chi connectivity index (χ0) is 13.8. The lowest BCUT2D eigenvalue weighted by molar-refractivity contribution is 0.0693. The van der Waals surface area contributed by atoms with Crippen LogP contribution in [0.5, 0.6) is 0 Å². The maximum Gasteiger partial charge on any atom is 0.264 e. The van der Waals surface area contributed by atoms with Gasteiger partial charge in [-0.1, -0.05) is 6.92 Å². The first kappa shape index (κ1) is 14.5. The highest BCUT2D eigenvalue weighted by molar-refractivity contribution is 7.12. The van der Waals surface area contributed by atoms with Crippen LogP contribution in [0.3, 0.4) is 0 Å². The molecule has 2 heterocycles. The highest BCUT2D eigenvalue weighted by atomic mass is 32.1. The molecule has 0 aromatic carbocycles. The number of carbonyl (C=O) groups excluding carboxylic acids is 1. The van der Waals surface area contributed by atoms with Crippen LogP contribution >= 0.6 is 11.3 Å². The Bertz CT molecular complexity index is 422. The second kappa shape index (κ2) is 6.53. The number of nitrogens with zero attached hydrogens (tertiary/aromatic N) is 1. The molecule has 0 radical (unpaired) electrons. The van der Waals surface area contributed by atoms with Gasteiger partial charge in [-0.3, -0.25) is 4.79 Å². The van der Waals surface area contributed by atoms with Crippen LogP contribution in [0.1, 0.15) is 48.8 Å². The molecule has 1 N–H and O–H groups in total. The minimum absolute atomic E-state index is 0.204. The molecule has 0 aliphatic carbocycles. The molecule has 1 aliphatic heterocycles. The lowest BCUT2D eigenvalue weighted by atomic mass is 10.1. The Morgan fingerprint density at radius 1 is 1.58 bits per heavy atom. The van der Waals surface area contributed by atoms with E-state index < -0.39 is 0 Å². The van der Waals surface area contributed by atoms with E-state index in [-0.39, 0.29) is 11.9 Å². The summed E-state index contributed by atoms with van der Waals surface area (Å²) in [6.45, 7) is 8.23. The fourth-order valence-electron chi connectivity index (χ4n) is 2.61. The molecule has 1 unspecified atom stereocenters. The summed E-state index contributed by atoms with van der Waals surface area (Å²) in [6, 6.07) is 2.79. The van der Waals surface area contributed by atoms with Crippen molar-refractivity contribution < 1.29 is 4.79 Å². The number of carbonyl (C=O) groups is 1. The maximum absolute atomic E-state index is 12.7. The molecule has 0 saturated carbocycles. The Morgan fingerprint density at radius 3 is 2.95 bits per heavy atom. The van der Waals surface area contributed by atoms with Gasteiger partial charge in [0.05, 0.1) is 4.88 Å². The Hall–Kier alpha value is -0.870. The molecule has 1 aliphatic rings. The summed E-state index contributed by atoms with van der Waals surface area (Å²) in [4.78, 5) is 15.7. The number of rotatable bonds is 5. The highest BCUT2D eigenvalue weighted by Gasteiger charge is 2.26. The summed E-state index contributed by atoms with van der Waals surface area (Å²) in [5, 5.41) is 5.51. The fourth-order valence-corrected chi connectivity index (χ4v) is 3.56. The van der Waals surface area contributed by atoms with Gasteiger partial charge in [-0.25, -0.2) is 0 Å². The second-order valence-electron chi connectivity index (χ2n) is 5.47. The summed E-state index contributed by atoms with van der Waals surface area (Å²) in [7, 11) is 0. The van der Waals surface area contributed by atoms with Crippen LogP contribution < -0.4 is 5.32 Å². The molecule has 2 rings (SSSR count). The molecule has 106 valence electrons. The molecule has 1 amide bonds. The van der Waals surface area contributed by atoms with Crippen LogP contribution in [0, 0.1) is 0 Å². The van der Waals surface area contributed by atoms with Crippen LogP contribution in [-0.4, -0.2) is 36.0 Å². The fraction of sp³-hybridized carbons (Fsp3) is 0.667. The third kappa shape index (κ3) is 3.37. The first-order valence-electron chi connectivity index (χ1n) is 7.24. The average molecular weight is 280 g/mol. The van der Waals surface area contributed by atoms with Crippen LogP contribution in [-0.2, 0) is 6.42 Å².